The molecular formula is C13H14N2. The van der Waals surface area contributed by atoms with E-state index in [0.717, 1.165) is 5.82 Å². The minimum Gasteiger partial charge on any atom is -0.348 e. The molecule has 0 bridgehead atoms. The van der Waals surface area contributed by atoms with Gasteiger partial charge in [-0.2, -0.15) is 0 Å². The summed E-state index contributed by atoms with van der Waals surface area (Å²) < 4.78 is 0. The van der Waals surface area contributed by atoms with Crippen molar-refractivity contribution in [2.45, 2.75) is 12.8 Å². The van der Waals surface area contributed by atoms with Crippen molar-refractivity contribution < 1.29 is 0 Å². The van der Waals surface area contributed by atoms with Gasteiger partial charge in [0.05, 0.1) is 5.92 Å². The van der Waals surface area contributed by atoms with Crippen molar-refractivity contribution in [1.82, 2.24) is 9.97 Å². The van der Waals surface area contributed by atoms with Gasteiger partial charge in [-0.25, -0.2) is 4.98 Å². The van der Waals surface area contributed by atoms with Crippen molar-refractivity contribution in [1.29, 1.82) is 0 Å². The first-order valence-corrected chi connectivity index (χ1v) is 4.99. The predicted octanol–water partition coefficient (Wildman–Crippen LogP) is 3.04. The van der Waals surface area contributed by atoms with E-state index in [1.807, 2.05) is 12.3 Å². The van der Waals surface area contributed by atoms with Crippen LogP contribution in [0.15, 0.2) is 49.3 Å². The summed E-state index contributed by atoms with van der Waals surface area (Å²) in [6.07, 6.45) is 5.51. The summed E-state index contributed by atoms with van der Waals surface area (Å²) in [6, 6.07) is 8.41. The number of nitrogens with one attached hydrogen (secondary N) is 1. The molecule has 1 atom stereocenters. The first-order valence-electron chi connectivity index (χ1n) is 4.99. The fraction of sp³-hybridized carbons (Fsp3) is 0.154. The summed E-state index contributed by atoms with van der Waals surface area (Å²) in [7, 11) is 0. The largest absolute Gasteiger partial charge is 0.348 e. The normalized spacial score (nSPS) is 12.3. The van der Waals surface area contributed by atoms with Crippen LogP contribution in [0.5, 0.6) is 0 Å². The second kappa shape index (κ2) is 4.13. The molecule has 0 fully saturated rings. The van der Waals surface area contributed by atoms with Crippen molar-refractivity contribution in [3.8, 4) is 0 Å². The molecule has 2 rings (SSSR count). The Balaban J connectivity index is 2.39. The Morgan fingerprint density at radius 3 is 2.93 bits per heavy atom. The number of aromatic nitrogens is 2. The maximum atomic E-state index is 4.27. The first kappa shape index (κ1) is 9.71. The molecule has 0 saturated heterocycles. The van der Waals surface area contributed by atoms with Gasteiger partial charge in [-0.3, -0.25) is 0 Å². The van der Waals surface area contributed by atoms with Gasteiger partial charge >= 0.3 is 0 Å². The number of aryl methyl sites for hydroxylation is 1. The standard InChI is InChI=1S/C13H14N2/c1-3-12(13-14-7-8-15-13)11-6-4-5-10(2)9-11/h3-9,12H,1H2,2H3,(H,14,15). The van der Waals surface area contributed by atoms with Crippen LogP contribution < -0.4 is 0 Å². The Labute approximate surface area is 89.7 Å². The highest BCUT2D eigenvalue weighted by molar-refractivity contribution is 5.32. The van der Waals surface area contributed by atoms with Crippen LogP contribution in [0.1, 0.15) is 22.9 Å². The lowest BCUT2D eigenvalue weighted by Crippen LogP contribution is -1.99. The van der Waals surface area contributed by atoms with E-state index in [4.69, 9.17) is 0 Å². The minimum absolute atomic E-state index is 0.153. The molecule has 1 unspecified atom stereocenters. The SMILES string of the molecule is C=CC(c1cccc(C)c1)c1ncc[nH]1. The average Bonchev–Trinajstić information content (AvgIpc) is 2.72. The van der Waals surface area contributed by atoms with Crippen molar-refractivity contribution in [3.63, 3.8) is 0 Å². The summed E-state index contributed by atoms with van der Waals surface area (Å²) in [5.41, 5.74) is 2.48. The highest BCUT2D eigenvalue weighted by atomic mass is 14.9. The number of benzene rings is 1. The molecule has 2 heteroatoms. The van der Waals surface area contributed by atoms with E-state index < -0.39 is 0 Å². The van der Waals surface area contributed by atoms with Gasteiger partial charge in [-0.1, -0.05) is 35.9 Å². The number of imidazole rings is 1. The highest BCUT2D eigenvalue weighted by Gasteiger charge is 2.11. The molecule has 1 N–H and O–H groups in total. The minimum atomic E-state index is 0.153. The van der Waals surface area contributed by atoms with Crippen LogP contribution in [0.3, 0.4) is 0 Å². The van der Waals surface area contributed by atoms with Crippen LogP contribution >= 0.6 is 0 Å². The summed E-state index contributed by atoms with van der Waals surface area (Å²) in [5, 5.41) is 0. The summed E-state index contributed by atoms with van der Waals surface area (Å²) in [6.45, 7) is 5.95. The zero-order chi connectivity index (χ0) is 10.7. The van der Waals surface area contributed by atoms with Gasteiger partial charge in [-0.15, -0.1) is 6.58 Å². The van der Waals surface area contributed by atoms with E-state index in [9.17, 15) is 0 Å². The molecule has 0 radical (unpaired) electrons. The maximum absolute atomic E-state index is 4.27. The van der Waals surface area contributed by atoms with Gasteiger partial charge in [0.15, 0.2) is 0 Å². The van der Waals surface area contributed by atoms with Gasteiger partial charge in [0.1, 0.15) is 5.82 Å². The van der Waals surface area contributed by atoms with Crippen molar-refractivity contribution in [3.05, 3.63) is 66.3 Å². The van der Waals surface area contributed by atoms with Crippen molar-refractivity contribution >= 4 is 0 Å². The Hall–Kier alpha value is -1.83. The Kier molecular flexibility index (Phi) is 2.68. The van der Waals surface area contributed by atoms with Gasteiger partial charge in [-0.05, 0) is 12.5 Å². The molecule has 0 amide bonds. The smallest absolute Gasteiger partial charge is 0.117 e. The molecule has 2 nitrogen and oxygen atoms in total. The lowest BCUT2D eigenvalue weighted by molar-refractivity contribution is 0.916. The first-order chi connectivity index (χ1) is 7.31. The number of allylic oxidation sites excluding steroid dienone is 1. The number of nitrogens with zero attached hydrogens (tertiary/aromatic N) is 1. The Morgan fingerprint density at radius 1 is 1.47 bits per heavy atom. The number of hydrogen-bond donors (Lipinski definition) is 1. The van der Waals surface area contributed by atoms with E-state index in [2.05, 4.69) is 47.7 Å². The van der Waals surface area contributed by atoms with Crippen molar-refractivity contribution in [2.24, 2.45) is 0 Å². The van der Waals surface area contributed by atoms with Crippen LogP contribution in [-0.4, -0.2) is 9.97 Å². The zero-order valence-corrected chi connectivity index (χ0v) is 8.77. The molecule has 0 saturated carbocycles. The second-order valence-corrected chi connectivity index (χ2v) is 3.60. The topological polar surface area (TPSA) is 28.7 Å². The van der Waals surface area contributed by atoms with Gasteiger partial charge in [0.25, 0.3) is 0 Å². The third-order valence-electron chi connectivity index (χ3n) is 2.45. The zero-order valence-electron chi connectivity index (χ0n) is 8.77. The quantitative estimate of drug-likeness (QED) is 0.754. The molecule has 2 aromatic rings. The molecule has 1 aromatic heterocycles. The molecule has 0 aliphatic heterocycles. The number of hydrogen-bond acceptors (Lipinski definition) is 1. The van der Waals surface area contributed by atoms with Crippen LogP contribution in [0.2, 0.25) is 0 Å². The fourth-order valence-electron chi connectivity index (χ4n) is 1.72. The van der Waals surface area contributed by atoms with Crippen LogP contribution in [0.4, 0.5) is 0 Å². The second-order valence-electron chi connectivity index (χ2n) is 3.60. The monoisotopic (exact) mass is 198 g/mol. The summed E-state index contributed by atoms with van der Waals surface area (Å²) in [4.78, 5) is 7.39. The van der Waals surface area contributed by atoms with E-state index in [1.54, 1.807) is 6.20 Å². The lowest BCUT2D eigenvalue weighted by atomic mass is 9.97. The van der Waals surface area contributed by atoms with E-state index in [0.29, 0.717) is 0 Å². The van der Waals surface area contributed by atoms with Crippen LogP contribution in [-0.2, 0) is 0 Å². The molecule has 0 spiro atoms. The molecular weight excluding hydrogens is 184 g/mol. The van der Waals surface area contributed by atoms with Crippen LogP contribution in [0.25, 0.3) is 0 Å². The highest BCUT2D eigenvalue weighted by Crippen LogP contribution is 2.23. The fourth-order valence-corrected chi connectivity index (χ4v) is 1.72. The summed E-state index contributed by atoms with van der Waals surface area (Å²) >= 11 is 0. The van der Waals surface area contributed by atoms with E-state index in [1.165, 1.54) is 11.1 Å². The van der Waals surface area contributed by atoms with E-state index in [-0.39, 0.29) is 5.92 Å². The molecule has 1 aromatic carbocycles. The lowest BCUT2D eigenvalue weighted by Gasteiger charge is -2.10. The average molecular weight is 198 g/mol. The Bertz CT molecular complexity index is 443. The molecule has 15 heavy (non-hydrogen) atoms. The molecule has 1 heterocycles. The Morgan fingerprint density at radius 2 is 2.33 bits per heavy atom. The van der Waals surface area contributed by atoms with Crippen molar-refractivity contribution in [2.75, 3.05) is 0 Å². The van der Waals surface area contributed by atoms with Gasteiger partial charge in [0.2, 0.25) is 0 Å². The number of H-pyrrole nitrogens is 1. The van der Waals surface area contributed by atoms with E-state index >= 15 is 0 Å². The molecule has 0 aliphatic carbocycles. The molecule has 0 aliphatic rings. The predicted molar refractivity (Wildman–Crippen MR) is 61.8 cm³/mol. The third kappa shape index (κ3) is 1.99. The number of rotatable bonds is 3. The number of aromatic amines is 1. The molecule has 76 valence electrons. The van der Waals surface area contributed by atoms with Gasteiger partial charge in [0, 0.05) is 12.4 Å². The van der Waals surface area contributed by atoms with Gasteiger partial charge < -0.3 is 4.98 Å². The maximum Gasteiger partial charge on any atom is 0.117 e. The van der Waals surface area contributed by atoms with Crippen LogP contribution in [0, 0.1) is 6.92 Å². The summed E-state index contributed by atoms with van der Waals surface area (Å²) in [5.74, 6) is 1.09. The third-order valence-corrected chi connectivity index (χ3v) is 2.45.